The summed E-state index contributed by atoms with van der Waals surface area (Å²) < 4.78 is 16.2. The van der Waals surface area contributed by atoms with Crippen LogP contribution in [0.1, 0.15) is 6.92 Å². The first-order chi connectivity index (χ1) is 10.7. The van der Waals surface area contributed by atoms with Crippen molar-refractivity contribution in [3.8, 4) is 22.6 Å². The normalized spacial score (nSPS) is 10.6. The number of ether oxygens (including phenoxy) is 2. The summed E-state index contributed by atoms with van der Waals surface area (Å²) in [6.07, 6.45) is 1.49. The summed E-state index contributed by atoms with van der Waals surface area (Å²) in [5.74, 6) is 1.44. The van der Waals surface area contributed by atoms with Gasteiger partial charge in [0.1, 0.15) is 23.3 Å². The van der Waals surface area contributed by atoms with E-state index in [1.807, 2.05) is 31.2 Å². The summed E-state index contributed by atoms with van der Waals surface area (Å²) in [6, 6.07) is 12.6. The van der Waals surface area contributed by atoms with Crippen LogP contribution in [0.5, 0.6) is 11.5 Å². The number of methoxy groups -OCH3 is 1. The van der Waals surface area contributed by atoms with Crippen LogP contribution in [0.3, 0.4) is 0 Å². The molecule has 0 bridgehead atoms. The fraction of sp³-hybridized carbons (Fsp3) is 0.167. The molecule has 0 saturated heterocycles. The zero-order valence-electron chi connectivity index (χ0n) is 12.5. The molecular formula is C18H16O4. The fourth-order valence-corrected chi connectivity index (χ4v) is 2.33. The van der Waals surface area contributed by atoms with Gasteiger partial charge in [0, 0.05) is 6.07 Å². The average Bonchev–Trinajstić information content (AvgIpc) is 2.56. The van der Waals surface area contributed by atoms with E-state index in [0.717, 1.165) is 11.3 Å². The van der Waals surface area contributed by atoms with Crippen LogP contribution in [-0.2, 0) is 0 Å². The third-order valence-electron chi connectivity index (χ3n) is 3.46. The highest BCUT2D eigenvalue weighted by Crippen LogP contribution is 2.24. The van der Waals surface area contributed by atoms with E-state index in [1.54, 1.807) is 25.3 Å². The number of rotatable bonds is 4. The Balaban J connectivity index is 2.09. The van der Waals surface area contributed by atoms with E-state index in [-0.39, 0.29) is 5.43 Å². The van der Waals surface area contributed by atoms with Crippen LogP contribution in [0.15, 0.2) is 57.9 Å². The lowest BCUT2D eigenvalue weighted by Crippen LogP contribution is -2.05. The van der Waals surface area contributed by atoms with E-state index < -0.39 is 0 Å². The maximum absolute atomic E-state index is 12.6. The van der Waals surface area contributed by atoms with E-state index in [0.29, 0.717) is 28.9 Å². The topological polar surface area (TPSA) is 48.7 Å². The number of fused-ring (bicyclic) bond motifs is 1. The van der Waals surface area contributed by atoms with Gasteiger partial charge in [0.15, 0.2) is 5.43 Å². The van der Waals surface area contributed by atoms with Crippen LogP contribution in [0.4, 0.5) is 0 Å². The van der Waals surface area contributed by atoms with Crippen LogP contribution < -0.4 is 14.9 Å². The molecule has 112 valence electrons. The Labute approximate surface area is 127 Å². The monoisotopic (exact) mass is 296 g/mol. The smallest absolute Gasteiger partial charge is 0.200 e. The molecule has 0 aliphatic carbocycles. The van der Waals surface area contributed by atoms with Gasteiger partial charge in [-0.15, -0.1) is 0 Å². The van der Waals surface area contributed by atoms with Crippen molar-refractivity contribution in [2.75, 3.05) is 13.7 Å². The summed E-state index contributed by atoms with van der Waals surface area (Å²) in [7, 11) is 1.61. The van der Waals surface area contributed by atoms with Crippen LogP contribution in [0.2, 0.25) is 0 Å². The molecule has 1 heterocycles. The molecule has 3 aromatic rings. The molecular weight excluding hydrogens is 280 g/mol. The molecule has 3 rings (SSSR count). The number of hydrogen-bond acceptors (Lipinski definition) is 4. The minimum absolute atomic E-state index is 0.0607. The standard InChI is InChI=1S/C18H16O4/c1-3-21-14-8-9-15-17(10-14)22-11-16(18(15)19)12-4-6-13(20-2)7-5-12/h4-11H,3H2,1-2H3. The Morgan fingerprint density at radius 2 is 1.77 bits per heavy atom. The number of benzene rings is 2. The predicted octanol–water partition coefficient (Wildman–Crippen LogP) is 3.87. The van der Waals surface area contributed by atoms with Gasteiger partial charge >= 0.3 is 0 Å². The third kappa shape index (κ3) is 2.55. The van der Waals surface area contributed by atoms with Gasteiger partial charge in [-0.25, -0.2) is 0 Å². The lowest BCUT2D eigenvalue weighted by atomic mass is 10.1. The second-order valence-corrected chi connectivity index (χ2v) is 4.80. The van der Waals surface area contributed by atoms with E-state index in [4.69, 9.17) is 13.9 Å². The summed E-state index contributed by atoms with van der Waals surface area (Å²) in [5.41, 5.74) is 1.78. The highest BCUT2D eigenvalue weighted by molar-refractivity contribution is 5.82. The Morgan fingerprint density at radius 1 is 1.05 bits per heavy atom. The van der Waals surface area contributed by atoms with Gasteiger partial charge in [-0.05, 0) is 36.8 Å². The molecule has 0 radical (unpaired) electrons. The minimum Gasteiger partial charge on any atom is -0.497 e. The molecule has 0 N–H and O–H groups in total. The van der Waals surface area contributed by atoms with Gasteiger partial charge in [0.2, 0.25) is 0 Å². The average molecular weight is 296 g/mol. The second-order valence-electron chi connectivity index (χ2n) is 4.80. The van der Waals surface area contributed by atoms with Crippen LogP contribution in [0, 0.1) is 0 Å². The molecule has 0 fully saturated rings. The maximum atomic E-state index is 12.6. The van der Waals surface area contributed by atoms with E-state index in [1.165, 1.54) is 6.26 Å². The van der Waals surface area contributed by atoms with Gasteiger partial charge in [0.05, 0.1) is 24.7 Å². The quantitative estimate of drug-likeness (QED) is 0.733. The fourth-order valence-electron chi connectivity index (χ4n) is 2.33. The lowest BCUT2D eigenvalue weighted by Gasteiger charge is -2.06. The first-order valence-electron chi connectivity index (χ1n) is 7.05. The minimum atomic E-state index is -0.0607. The van der Waals surface area contributed by atoms with Crippen LogP contribution in [0.25, 0.3) is 22.1 Å². The SMILES string of the molecule is CCOc1ccc2c(=O)c(-c3ccc(OC)cc3)coc2c1. The van der Waals surface area contributed by atoms with Crippen molar-refractivity contribution in [2.24, 2.45) is 0 Å². The van der Waals surface area contributed by atoms with Crippen molar-refractivity contribution in [1.29, 1.82) is 0 Å². The molecule has 0 saturated carbocycles. The van der Waals surface area contributed by atoms with E-state index in [2.05, 4.69) is 0 Å². The van der Waals surface area contributed by atoms with Gasteiger partial charge in [-0.1, -0.05) is 12.1 Å². The van der Waals surface area contributed by atoms with Gasteiger partial charge < -0.3 is 13.9 Å². The van der Waals surface area contributed by atoms with E-state index >= 15 is 0 Å². The Bertz CT molecular complexity index is 847. The molecule has 0 aliphatic rings. The predicted molar refractivity (Wildman–Crippen MR) is 85.6 cm³/mol. The van der Waals surface area contributed by atoms with E-state index in [9.17, 15) is 4.79 Å². The molecule has 4 nitrogen and oxygen atoms in total. The van der Waals surface area contributed by atoms with Crippen LogP contribution in [-0.4, -0.2) is 13.7 Å². The van der Waals surface area contributed by atoms with Crippen molar-refractivity contribution in [3.05, 3.63) is 59.0 Å². The summed E-state index contributed by atoms with van der Waals surface area (Å²) in [4.78, 5) is 12.6. The first kappa shape index (κ1) is 14.2. The molecule has 22 heavy (non-hydrogen) atoms. The van der Waals surface area contributed by atoms with Crippen molar-refractivity contribution < 1.29 is 13.9 Å². The first-order valence-corrected chi connectivity index (χ1v) is 7.05. The zero-order chi connectivity index (χ0) is 15.5. The molecule has 0 aliphatic heterocycles. The van der Waals surface area contributed by atoms with Crippen LogP contribution >= 0.6 is 0 Å². The maximum Gasteiger partial charge on any atom is 0.200 e. The lowest BCUT2D eigenvalue weighted by molar-refractivity contribution is 0.340. The van der Waals surface area contributed by atoms with Crippen molar-refractivity contribution >= 4 is 11.0 Å². The zero-order valence-corrected chi connectivity index (χ0v) is 12.5. The largest absolute Gasteiger partial charge is 0.497 e. The van der Waals surface area contributed by atoms with Gasteiger partial charge in [-0.2, -0.15) is 0 Å². The van der Waals surface area contributed by atoms with Crippen molar-refractivity contribution in [2.45, 2.75) is 6.92 Å². The molecule has 0 atom stereocenters. The summed E-state index contributed by atoms with van der Waals surface area (Å²) >= 11 is 0. The number of hydrogen-bond donors (Lipinski definition) is 0. The Morgan fingerprint density at radius 3 is 2.45 bits per heavy atom. The molecule has 4 heteroatoms. The molecule has 0 spiro atoms. The highest BCUT2D eigenvalue weighted by atomic mass is 16.5. The molecule has 2 aromatic carbocycles. The molecule has 1 aromatic heterocycles. The molecule has 0 amide bonds. The van der Waals surface area contributed by atoms with Crippen molar-refractivity contribution in [3.63, 3.8) is 0 Å². The van der Waals surface area contributed by atoms with Gasteiger partial charge in [-0.3, -0.25) is 4.79 Å². The highest BCUT2D eigenvalue weighted by Gasteiger charge is 2.10. The summed E-state index contributed by atoms with van der Waals surface area (Å²) in [5, 5.41) is 0.539. The Hall–Kier alpha value is -2.75. The Kier molecular flexibility index (Phi) is 3.83. The summed E-state index contributed by atoms with van der Waals surface area (Å²) in [6.45, 7) is 2.48. The third-order valence-corrected chi connectivity index (χ3v) is 3.46. The van der Waals surface area contributed by atoms with Crippen molar-refractivity contribution in [1.82, 2.24) is 0 Å². The van der Waals surface area contributed by atoms with Gasteiger partial charge in [0.25, 0.3) is 0 Å². The molecule has 0 unspecified atom stereocenters. The second kappa shape index (κ2) is 5.93.